The Hall–Kier alpha value is -2.31. The Bertz CT molecular complexity index is 1250. The predicted octanol–water partition coefficient (Wildman–Crippen LogP) is 6.74. The van der Waals surface area contributed by atoms with Gasteiger partial charge in [-0.05, 0) is 94.4 Å². The average molecular weight is 620 g/mol. The number of halogens is 7. The lowest BCUT2D eigenvalue weighted by Gasteiger charge is -2.05. The van der Waals surface area contributed by atoms with Crippen molar-refractivity contribution in [1.29, 1.82) is 0 Å². The number of aromatic nitrogens is 6. The van der Waals surface area contributed by atoms with Gasteiger partial charge in [0, 0.05) is 11.4 Å². The molecule has 5 N–H and O–H groups in total. The van der Waals surface area contributed by atoms with Crippen LogP contribution in [0.25, 0.3) is 0 Å². The van der Waals surface area contributed by atoms with E-state index in [1.54, 1.807) is 12.1 Å². The predicted molar refractivity (Wildman–Crippen MR) is 139 cm³/mol. The molecule has 0 amide bonds. The Kier molecular flexibility index (Phi) is 11.3. The number of rotatable bonds is 2. The molecule has 10 nitrogen and oxygen atoms in total. The van der Waals surface area contributed by atoms with Crippen LogP contribution in [0.4, 0.5) is 17.3 Å². The second-order valence-electron chi connectivity index (χ2n) is 5.84. The van der Waals surface area contributed by atoms with Gasteiger partial charge < -0.3 is 21.3 Å². The van der Waals surface area contributed by atoms with Crippen molar-refractivity contribution < 1.29 is 10.2 Å². The number of hydrogen-bond donors (Lipinski definition) is 4. The maximum atomic E-state index is 9.25. The lowest BCUT2D eigenvalue weighted by molar-refractivity contribution is 0.475. The topological polar surface area (TPSA) is 156 Å². The molecule has 0 unspecified atom stereocenters. The first-order chi connectivity index (χ1) is 16.4. The molecule has 0 aliphatic heterocycles. The van der Waals surface area contributed by atoms with E-state index in [4.69, 9.17) is 92.0 Å². The van der Waals surface area contributed by atoms with Gasteiger partial charge in [0.05, 0.1) is 10.0 Å². The van der Waals surface area contributed by atoms with E-state index in [1.807, 2.05) is 0 Å². The highest BCUT2D eigenvalue weighted by atomic mass is 35.5. The molecule has 0 aliphatic carbocycles. The SMILES string of the molecule is Clc1nc(Cl)nc(Cl)n1.Nc1ccc(O)c(Cl)c1.Oc1ccc(Nc2nc(Cl)nc(Cl)n2)cc1Cl. The number of hydrogen-bond acceptors (Lipinski definition) is 10. The Morgan fingerprint density at radius 3 is 1.37 bits per heavy atom. The summed E-state index contributed by atoms with van der Waals surface area (Å²) in [5.41, 5.74) is 6.47. The van der Waals surface area contributed by atoms with Crippen LogP contribution in [0.15, 0.2) is 36.4 Å². The molecule has 35 heavy (non-hydrogen) atoms. The highest BCUT2D eigenvalue weighted by molar-refractivity contribution is 6.34. The van der Waals surface area contributed by atoms with Crippen LogP contribution in [0.1, 0.15) is 0 Å². The molecule has 4 aromatic rings. The largest absolute Gasteiger partial charge is 0.506 e. The van der Waals surface area contributed by atoms with E-state index >= 15 is 0 Å². The van der Waals surface area contributed by atoms with Gasteiger partial charge >= 0.3 is 0 Å². The van der Waals surface area contributed by atoms with Gasteiger partial charge in [-0.25, -0.2) is 0 Å². The van der Waals surface area contributed by atoms with Gasteiger partial charge in [-0.3, -0.25) is 0 Å². The summed E-state index contributed by atoms with van der Waals surface area (Å²) in [5, 5.41) is 21.4. The highest BCUT2D eigenvalue weighted by Crippen LogP contribution is 2.27. The van der Waals surface area contributed by atoms with Crippen molar-refractivity contribution in [2.45, 2.75) is 0 Å². The molecule has 0 radical (unpaired) electrons. The van der Waals surface area contributed by atoms with Crippen molar-refractivity contribution >= 4 is 98.5 Å². The first-order valence-electron chi connectivity index (χ1n) is 8.72. The van der Waals surface area contributed by atoms with Gasteiger partial charge in [-0.2, -0.15) is 29.9 Å². The van der Waals surface area contributed by atoms with Crippen molar-refractivity contribution in [1.82, 2.24) is 29.9 Å². The summed E-state index contributed by atoms with van der Waals surface area (Å²) in [6.45, 7) is 0. The maximum Gasteiger partial charge on any atom is 0.232 e. The summed E-state index contributed by atoms with van der Waals surface area (Å²) >= 11 is 38.4. The second-order valence-corrected chi connectivity index (χ2v) is 8.35. The van der Waals surface area contributed by atoms with Gasteiger partial charge in [0.2, 0.25) is 32.4 Å². The van der Waals surface area contributed by atoms with Gasteiger partial charge in [0.25, 0.3) is 0 Å². The quantitative estimate of drug-likeness (QED) is 0.140. The van der Waals surface area contributed by atoms with E-state index in [9.17, 15) is 5.11 Å². The Morgan fingerprint density at radius 1 is 0.571 bits per heavy atom. The highest BCUT2D eigenvalue weighted by Gasteiger charge is 2.05. The summed E-state index contributed by atoms with van der Waals surface area (Å²) in [6, 6.07) is 9.10. The van der Waals surface area contributed by atoms with E-state index in [0.29, 0.717) is 11.4 Å². The Labute approximate surface area is 233 Å². The molecule has 2 aromatic carbocycles. The fourth-order valence-electron chi connectivity index (χ4n) is 1.92. The molecule has 184 valence electrons. The van der Waals surface area contributed by atoms with E-state index in [2.05, 4.69) is 35.2 Å². The van der Waals surface area contributed by atoms with E-state index in [0.717, 1.165) is 0 Å². The summed E-state index contributed by atoms with van der Waals surface area (Å²) in [6.07, 6.45) is 0. The summed E-state index contributed by atoms with van der Waals surface area (Å²) in [4.78, 5) is 21.6. The van der Waals surface area contributed by atoms with Crippen molar-refractivity contribution in [3.63, 3.8) is 0 Å². The smallest absolute Gasteiger partial charge is 0.232 e. The number of nitrogens with two attached hydrogens (primary N) is 1. The molecule has 2 heterocycles. The van der Waals surface area contributed by atoms with Crippen molar-refractivity contribution in [2.75, 3.05) is 11.1 Å². The first-order valence-corrected chi connectivity index (χ1v) is 11.4. The fourth-order valence-corrected chi connectivity index (χ4v) is 3.27. The van der Waals surface area contributed by atoms with Crippen molar-refractivity contribution in [3.8, 4) is 11.5 Å². The second kappa shape index (κ2) is 13.7. The van der Waals surface area contributed by atoms with Crippen LogP contribution < -0.4 is 11.1 Å². The Morgan fingerprint density at radius 2 is 0.971 bits per heavy atom. The number of benzene rings is 2. The molecular formula is C18H11Cl7N8O2. The van der Waals surface area contributed by atoms with Crippen LogP contribution in [0.3, 0.4) is 0 Å². The minimum atomic E-state index is -0.0163. The zero-order valence-corrected chi connectivity index (χ0v) is 22.1. The number of nitrogens with one attached hydrogen (secondary N) is 1. The average Bonchev–Trinajstić information content (AvgIpc) is 2.73. The van der Waals surface area contributed by atoms with Crippen LogP contribution in [0.2, 0.25) is 36.5 Å². The normalized spacial score (nSPS) is 9.91. The third kappa shape index (κ3) is 10.5. The molecule has 0 saturated carbocycles. The van der Waals surface area contributed by atoms with Crippen molar-refractivity contribution in [2.24, 2.45) is 0 Å². The van der Waals surface area contributed by atoms with Gasteiger partial charge in [-0.15, -0.1) is 0 Å². The van der Waals surface area contributed by atoms with E-state index < -0.39 is 0 Å². The minimum absolute atomic E-state index is 0.000000000000000444. The fraction of sp³-hybridized carbons (Fsp3) is 0. The van der Waals surface area contributed by atoms with Gasteiger partial charge in [-0.1, -0.05) is 23.2 Å². The standard InChI is InChI=1S/C9H5Cl3N4O.C6H6ClNO.C3Cl3N3/c10-5-3-4(1-2-6(5)17)13-9-15-7(11)14-8(12)16-9;7-5-3-4(8)1-2-6(5)9;4-1-7-2(5)9-3(6)8-1/h1-3,17H,(H,13,14,15,16);1-3,9H,8H2;. The number of phenols is 2. The number of nitrogen functional groups attached to an aromatic ring is 1. The molecular weight excluding hydrogens is 608 g/mol. The molecule has 4 rings (SSSR count). The summed E-state index contributed by atoms with van der Waals surface area (Å²) in [5.74, 6) is 0.242. The van der Waals surface area contributed by atoms with Crippen LogP contribution in [0.5, 0.6) is 11.5 Å². The number of aromatic hydroxyl groups is 2. The lowest BCUT2D eigenvalue weighted by Crippen LogP contribution is -1.99. The molecule has 17 heteroatoms. The molecule has 0 spiro atoms. The van der Waals surface area contributed by atoms with Crippen LogP contribution >= 0.6 is 81.2 Å². The molecule has 0 bridgehead atoms. The number of anilines is 3. The minimum Gasteiger partial charge on any atom is -0.506 e. The van der Waals surface area contributed by atoms with Gasteiger partial charge in [0.1, 0.15) is 11.5 Å². The monoisotopic (exact) mass is 616 g/mol. The third-order valence-electron chi connectivity index (χ3n) is 3.31. The van der Waals surface area contributed by atoms with E-state index in [-0.39, 0.29) is 53.9 Å². The number of phenolic OH excluding ortho intramolecular Hbond substituents is 2. The van der Waals surface area contributed by atoms with Crippen LogP contribution in [0, 0.1) is 0 Å². The first kappa shape index (κ1) is 28.9. The molecule has 2 aromatic heterocycles. The van der Waals surface area contributed by atoms with Gasteiger partial charge in [0.15, 0.2) is 0 Å². The van der Waals surface area contributed by atoms with E-state index in [1.165, 1.54) is 24.3 Å². The lowest BCUT2D eigenvalue weighted by atomic mass is 10.3. The molecule has 0 fully saturated rings. The third-order valence-corrected chi connectivity index (χ3v) is 4.76. The van der Waals surface area contributed by atoms with Crippen molar-refractivity contribution in [3.05, 3.63) is 72.9 Å². The molecule has 0 aliphatic rings. The Balaban J connectivity index is 0.000000203. The van der Waals surface area contributed by atoms with Crippen LogP contribution in [-0.4, -0.2) is 40.1 Å². The summed E-state index contributed by atoms with van der Waals surface area (Å²) in [7, 11) is 0. The maximum absolute atomic E-state index is 9.25. The molecule has 0 saturated heterocycles. The zero-order chi connectivity index (χ0) is 26.1. The number of nitrogens with zero attached hydrogens (tertiary/aromatic N) is 6. The summed E-state index contributed by atoms with van der Waals surface area (Å²) < 4.78 is 0. The molecule has 0 atom stereocenters. The van der Waals surface area contributed by atoms with Crippen LogP contribution in [-0.2, 0) is 0 Å². The zero-order valence-electron chi connectivity index (χ0n) is 16.8.